The number of benzene rings is 1. The topological polar surface area (TPSA) is 24.9 Å². The third-order valence-electron chi connectivity index (χ3n) is 5.04. The fourth-order valence-electron chi connectivity index (χ4n) is 4.05. The van der Waals surface area contributed by atoms with Gasteiger partial charge in [-0.25, -0.2) is 4.98 Å². The summed E-state index contributed by atoms with van der Waals surface area (Å²) in [6.45, 7) is 0. The lowest BCUT2D eigenvalue weighted by Gasteiger charge is -2.24. The highest BCUT2D eigenvalue weighted by molar-refractivity contribution is 5.38. The number of hydrogen-bond donors (Lipinski definition) is 1. The molecule has 1 N–H and O–H groups in total. The number of fused-ring (bicyclic) bond motifs is 3. The number of rotatable bonds is 2. The normalized spacial score (nSPS) is 27.0. The lowest BCUT2D eigenvalue weighted by molar-refractivity contribution is 0.447. The third kappa shape index (κ3) is 2.41. The fraction of sp³-hybridized carbons (Fsp3) is 0.389. The van der Waals surface area contributed by atoms with Gasteiger partial charge in [0.05, 0.1) is 0 Å². The van der Waals surface area contributed by atoms with Crippen LogP contribution in [0, 0.1) is 17.8 Å². The zero-order chi connectivity index (χ0) is 14.2. The first-order valence-electron chi connectivity index (χ1n) is 7.75. The van der Waals surface area contributed by atoms with E-state index in [-0.39, 0.29) is 0 Å². The molecule has 1 aromatic carbocycles. The molecule has 108 valence electrons. The Balaban J connectivity index is 1.60. The van der Waals surface area contributed by atoms with Crippen LogP contribution in [0.3, 0.4) is 0 Å². The zero-order valence-corrected chi connectivity index (χ0v) is 11.9. The van der Waals surface area contributed by atoms with E-state index < -0.39 is 5.95 Å². The average Bonchev–Trinajstić information content (AvgIpc) is 2.75. The van der Waals surface area contributed by atoms with Crippen LogP contribution in [-0.2, 0) is 12.8 Å². The Labute approximate surface area is 124 Å². The number of halogens is 1. The maximum Gasteiger partial charge on any atom is 0.214 e. The highest BCUT2D eigenvalue weighted by Gasteiger charge is 2.38. The number of nitrogens with zero attached hydrogens (tertiary/aromatic N) is 1. The largest absolute Gasteiger partial charge is 0.367 e. The molecule has 2 nitrogen and oxygen atoms in total. The second-order valence-electron chi connectivity index (χ2n) is 6.29. The first kappa shape index (κ1) is 12.8. The first-order valence-corrected chi connectivity index (χ1v) is 7.75. The quantitative estimate of drug-likeness (QED) is 0.847. The van der Waals surface area contributed by atoms with Gasteiger partial charge >= 0.3 is 0 Å². The molecule has 0 radical (unpaired) electrons. The van der Waals surface area contributed by atoms with Crippen molar-refractivity contribution in [1.82, 2.24) is 4.98 Å². The molecule has 0 saturated heterocycles. The number of aromatic nitrogens is 1. The van der Waals surface area contributed by atoms with E-state index in [1.54, 1.807) is 6.07 Å². The van der Waals surface area contributed by atoms with Gasteiger partial charge in [-0.1, -0.05) is 30.3 Å². The van der Waals surface area contributed by atoms with E-state index in [4.69, 9.17) is 0 Å². The minimum Gasteiger partial charge on any atom is -0.367 e. The Morgan fingerprint density at radius 2 is 1.57 bits per heavy atom. The molecule has 3 heteroatoms. The second-order valence-corrected chi connectivity index (χ2v) is 6.29. The molecule has 2 unspecified atom stereocenters. The van der Waals surface area contributed by atoms with Gasteiger partial charge in [0.25, 0.3) is 0 Å². The number of hydrogen-bond acceptors (Lipinski definition) is 2. The molecule has 0 aliphatic heterocycles. The van der Waals surface area contributed by atoms with Gasteiger partial charge in [-0.3, -0.25) is 0 Å². The molecule has 0 spiro atoms. The van der Waals surface area contributed by atoms with Crippen LogP contribution in [0.5, 0.6) is 0 Å². The van der Waals surface area contributed by atoms with Crippen LogP contribution in [0.25, 0.3) is 0 Å². The molecule has 1 fully saturated rings. The molecule has 1 saturated carbocycles. The Bertz CT molecular complexity index is 622. The van der Waals surface area contributed by atoms with Crippen LogP contribution in [-0.4, -0.2) is 11.0 Å². The molecule has 2 aromatic rings. The van der Waals surface area contributed by atoms with Crippen molar-refractivity contribution >= 4 is 5.82 Å². The van der Waals surface area contributed by atoms with Crippen molar-refractivity contribution in [2.24, 2.45) is 11.8 Å². The Morgan fingerprint density at radius 1 is 0.905 bits per heavy atom. The zero-order valence-electron chi connectivity index (χ0n) is 11.9. The van der Waals surface area contributed by atoms with E-state index in [2.05, 4.69) is 34.6 Å². The minimum atomic E-state index is -0.413. The molecule has 1 aromatic heterocycles. The van der Waals surface area contributed by atoms with Crippen molar-refractivity contribution in [2.45, 2.75) is 31.7 Å². The molecule has 2 aliphatic carbocycles. The van der Waals surface area contributed by atoms with Gasteiger partial charge in [0.15, 0.2) is 0 Å². The van der Waals surface area contributed by atoms with Crippen molar-refractivity contribution in [1.29, 1.82) is 0 Å². The van der Waals surface area contributed by atoms with Gasteiger partial charge in [-0.2, -0.15) is 4.39 Å². The first-order chi connectivity index (χ1) is 10.3. The van der Waals surface area contributed by atoms with Crippen molar-refractivity contribution in [3.8, 4) is 0 Å². The number of anilines is 1. The summed E-state index contributed by atoms with van der Waals surface area (Å²) in [5.74, 6) is 1.51. The van der Waals surface area contributed by atoms with E-state index in [0.29, 0.717) is 23.7 Å². The summed E-state index contributed by atoms with van der Waals surface area (Å²) in [6.07, 6.45) is 4.76. The second kappa shape index (κ2) is 5.14. The fourth-order valence-corrected chi connectivity index (χ4v) is 4.05. The maximum atomic E-state index is 13.3. The van der Waals surface area contributed by atoms with E-state index in [1.165, 1.54) is 30.0 Å². The third-order valence-corrected chi connectivity index (χ3v) is 5.04. The lowest BCUT2D eigenvalue weighted by Crippen LogP contribution is -2.31. The summed E-state index contributed by atoms with van der Waals surface area (Å²) in [4.78, 5) is 3.97. The summed E-state index contributed by atoms with van der Waals surface area (Å²) in [5, 5.41) is 3.51. The van der Waals surface area contributed by atoms with Gasteiger partial charge in [-0.05, 0) is 60.8 Å². The molecule has 4 rings (SSSR count). The Hall–Kier alpha value is -1.90. The van der Waals surface area contributed by atoms with Crippen molar-refractivity contribution in [3.05, 3.63) is 59.5 Å². The van der Waals surface area contributed by atoms with Gasteiger partial charge in [-0.15, -0.1) is 0 Å². The average molecular weight is 282 g/mol. The summed E-state index contributed by atoms with van der Waals surface area (Å²) >= 11 is 0. The lowest BCUT2D eigenvalue weighted by atomic mass is 9.94. The van der Waals surface area contributed by atoms with Crippen LogP contribution in [0.2, 0.25) is 0 Å². The van der Waals surface area contributed by atoms with Gasteiger partial charge in [0.1, 0.15) is 5.82 Å². The summed E-state index contributed by atoms with van der Waals surface area (Å²) < 4.78 is 13.3. The van der Waals surface area contributed by atoms with E-state index in [0.717, 1.165) is 12.8 Å². The van der Waals surface area contributed by atoms with Crippen LogP contribution in [0.15, 0.2) is 42.5 Å². The monoisotopic (exact) mass is 282 g/mol. The standard InChI is InChI=1S/C18H19FN2/c19-16-6-3-7-17(20-16)21-18-14-8-9-15(18)11-13-5-2-1-4-12(13)10-14/h1-7,14-15,18H,8-11H2,(H,20,21). The number of pyridine rings is 1. The Kier molecular flexibility index (Phi) is 3.13. The molecule has 0 amide bonds. The predicted molar refractivity (Wildman–Crippen MR) is 81.7 cm³/mol. The highest BCUT2D eigenvalue weighted by atomic mass is 19.1. The minimum absolute atomic E-state index is 0.409. The van der Waals surface area contributed by atoms with Gasteiger partial charge in [0.2, 0.25) is 5.95 Å². The molecule has 1 heterocycles. The summed E-state index contributed by atoms with van der Waals surface area (Å²) in [6, 6.07) is 14.2. The summed E-state index contributed by atoms with van der Waals surface area (Å²) in [5.41, 5.74) is 2.98. The highest BCUT2D eigenvalue weighted by Crippen LogP contribution is 2.41. The van der Waals surface area contributed by atoms with E-state index in [1.807, 2.05) is 6.07 Å². The van der Waals surface area contributed by atoms with Crippen LogP contribution in [0.1, 0.15) is 24.0 Å². The van der Waals surface area contributed by atoms with Crippen LogP contribution in [0.4, 0.5) is 10.2 Å². The molecule has 2 aliphatic rings. The van der Waals surface area contributed by atoms with Crippen LogP contribution < -0.4 is 5.32 Å². The SMILES string of the molecule is Fc1cccc(NC2C3CCC2Cc2ccccc2C3)n1. The number of nitrogens with one attached hydrogen (secondary N) is 1. The van der Waals surface area contributed by atoms with Gasteiger partial charge < -0.3 is 5.32 Å². The smallest absolute Gasteiger partial charge is 0.214 e. The molecule has 21 heavy (non-hydrogen) atoms. The molecular weight excluding hydrogens is 263 g/mol. The molecule has 2 bridgehead atoms. The van der Waals surface area contributed by atoms with Crippen molar-refractivity contribution in [3.63, 3.8) is 0 Å². The molecule has 2 atom stereocenters. The Morgan fingerprint density at radius 3 is 2.19 bits per heavy atom. The van der Waals surface area contributed by atoms with E-state index in [9.17, 15) is 4.39 Å². The van der Waals surface area contributed by atoms with E-state index >= 15 is 0 Å². The summed E-state index contributed by atoms with van der Waals surface area (Å²) in [7, 11) is 0. The maximum absolute atomic E-state index is 13.3. The van der Waals surface area contributed by atoms with Crippen LogP contribution >= 0.6 is 0 Å². The van der Waals surface area contributed by atoms with Crippen molar-refractivity contribution < 1.29 is 4.39 Å². The molecular formula is C18H19FN2. The van der Waals surface area contributed by atoms with Gasteiger partial charge in [0, 0.05) is 6.04 Å². The predicted octanol–water partition coefficient (Wildman–Crippen LogP) is 3.83. The van der Waals surface area contributed by atoms with Crippen molar-refractivity contribution in [2.75, 3.05) is 5.32 Å².